The Labute approximate surface area is 192 Å². The molecule has 1 unspecified atom stereocenters. The van der Waals surface area contributed by atoms with Crippen LogP contribution in [0.5, 0.6) is 0 Å². The van der Waals surface area contributed by atoms with Crippen LogP contribution in [0.3, 0.4) is 0 Å². The van der Waals surface area contributed by atoms with Crippen molar-refractivity contribution >= 4 is 50.7 Å². The zero-order valence-electron chi connectivity index (χ0n) is 16.6. The molecule has 0 spiro atoms. The number of aromatic nitrogens is 4. The third-order valence-electron chi connectivity index (χ3n) is 5.39. The highest BCUT2D eigenvalue weighted by Gasteiger charge is 2.24. The molecule has 1 aliphatic rings. The number of ketones is 1. The minimum Gasteiger partial charge on any atom is -0.416 e. The van der Waals surface area contributed by atoms with Crippen molar-refractivity contribution in [1.29, 1.82) is 0 Å². The van der Waals surface area contributed by atoms with Crippen LogP contribution < -0.4 is 0 Å². The molecule has 5 rings (SSSR count). The molecule has 0 radical (unpaired) electrons. The number of rotatable bonds is 5. The lowest BCUT2D eigenvalue weighted by Gasteiger charge is -2.09. The molecule has 31 heavy (non-hydrogen) atoms. The Morgan fingerprint density at radius 3 is 2.87 bits per heavy atom. The molecule has 0 saturated heterocycles. The summed E-state index contributed by atoms with van der Waals surface area (Å²) in [5.74, 6) is 0.822. The number of hydrogen-bond acceptors (Lipinski definition) is 8. The second kappa shape index (κ2) is 9.06. The number of Topliss-reactive ketones (excluding diaryl/α,β-unsaturated/α-hetero) is 1. The average molecular weight is 471 g/mol. The molecule has 1 saturated carbocycles. The van der Waals surface area contributed by atoms with E-state index in [2.05, 4.69) is 20.2 Å². The van der Waals surface area contributed by atoms with Crippen molar-refractivity contribution in [1.82, 2.24) is 20.2 Å². The largest absolute Gasteiger partial charge is 0.416 e. The lowest BCUT2D eigenvalue weighted by Crippen LogP contribution is -2.15. The van der Waals surface area contributed by atoms with E-state index >= 15 is 0 Å². The summed E-state index contributed by atoms with van der Waals surface area (Å²) in [5.41, 5.74) is 1.95. The summed E-state index contributed by atoms with van der Waals surface area (Å²) in [4.78, 5) is 22.2. The highest BCUT2D eigenvalue weighted by Crippen LogP contribution is 2.39. The highest BCUT2D eigenvalue weighted by molar-refractivity contribution is 7.99. The number of carbonyl (C=O) groups excluding carboxylic acids is 1. The van der Waals surface area contributed by atoms with Gasteiger partial charge in [-0.1, -0.05) is 36.6 Å². The van der Waals surface area contributed by atoms with Crippen LogP contribution in [0.4, 0.5) is 0 Å². The summed E-state index contributed by atoms with van der Waals surface area (Å²) >= 11 is 8.95. The maximum absolute atomic E-state index is 12.3. The first kappa shape index (κ1) is 20.6. The monoisotopic (exact) mass is 470 g/mol. The normalized spacial score (nSPS) is 17.2. The van der Waals surface area contributed by atoms with Gasteiger partial charge in [0.1, 0.15) is 17.1 Å². The quantitative estimate of drug-likeness (QED) is 0.252. The minimum absolute atomic E-state index is 0.00853. The zero-order valence-corrected chi connectivity index (χ0v) is 19.0. The lowest BCUT2D eigenvalue weighted by molar-refractivity contribution is -0.122. The summed E-state index contributed by atoms with van der Waals surface area (Å²) in [7, 11) is 0. The summed E-state index contributed by atoms with van der Waals surface area (Å²) in [6.45, 7) is 0. The molecular formula is C22H19ClN4O2S2. The van der Waals surface area contributed by atoms with E-state index in [9.17, 15) is 4.79 Å². The molecule has 0 bridgehead atoms. The molecular weight excluding hydrogens is 452 g/mol. The highest BCUT2D eigenvalue weighted by atomic mass is 35.5. The molecule has 1 atom stereocenters. The molecule has 0 N–H and O–H groups in total. The first-order valence-electron chi connectivity index (χ1n) is 10.2. The molecule has 158 valence electrons. The van der Waals surface area contributed by atoms with E-state index < -0.39 is 0 Å². The Morgan fingerprint density at radius 2 is 2.00 bits per heavy atom. The standard InChI is InChI=1S/C22H19ClN4O2S2/c23-15-8-6-13(7-9-15)18-11-16-20(30-18)21(25-12-24-16)31-22-27-26-19(29-22)10-14-4-2-1-3-5-17(14)28/h6-9,11-12,14H,1-5,10H2. The van der Waals surface area contributed by atoms with E-state index in [0.29, 0.717) is 34.8 Å². The van der Waals surface area contributed by atoms with E-state index in [-0.39, 0.29) is 5.92 Å². The smallest absolute Gasteiger partial charge is 0.282 e. The molecule has 1 aliphatic carbocycles. The Balaban J connectivity index is 1.36. The van der Waals surface area contributed by atoms with E-state index in [0.717, 1.165) is 51.4 Å². The van der Waals surface area contributed by atoms with E-state index in [1.807, 2.05) is 30.3 Å². The SMILES string of the molecule is O=C1CCCCCC1Cc1nnc(Sc2ncnc3cc(-c4ccc(Cl)cc4)sc23)o1. The summed E-state index contributed by atoms with van der Waals surface area (Å²) in [5, 5.41) is 10.3. The average Bonchev–Trinajstić information content (AvgIpc) is 3.35. The van der Waals surface area contributed by atoms with Gasteiger partial charge in [0.2, 0.25) is 5.89 Å². The van der Waals surface area contributed by atoms with Crippen molar-refractivity contribution in [2.45, 2.75) is 48.8 Å². The molecule has 0 amide bonds. The van der Waals surface area contributed by atoms with Gasteiger partial charge in [0, 0.05) is 28.7 Å². The van der Waals surface area contributed by atoms with Crippen molar-refractivity contribution in [3.8, 4) is 10.4 Å². The maximum atomic E-state index is 12.3. The molecule has 1 fully saturated rings. The molecule has 4 aromatic rings. The first-order valence-corrected chi connectivity index (χ1v) is 12.2. The van der Waals surface area contributed by atoms with Crippen LogP contribution >= 0.6 is 34.7 Å². The van der Waals surface area contributed by atoms with Gasteiger partial charge < -0.3 is 4.42 Å². The summed E-state index contributed by atoms with van der Waals surface area (Å²) < 4.78 is 6.82. The number of fused-ring (bicyclic) bond motifs is 1. The molecule has 1 aromatic carbocycles. The van der Waals surface area contributed by atoms with Crippen LogP contribution in [0.15, 0.2) is 51.3 Å². The Kier molecular flexibility index (Phi) is 6.02. The second-order valence-corrected chi connectivity index (χ2v) is 9.97. The van der Waals surface area contributed by atoms with Crippen LogP contribution in [0.1, 0.15) is 38.0 Å². The molecule has 0 aliphatic heterocycles. The maximum Gasteiger partial charge on any atom is 0.282 e. The summed E-state index contributed by atoms with van der Waals surface area (Å²) in [6, 6.07) is 9.79. The van der Waals surface area contributed by atoms with Crippen LogP contribution in [-0.4, -0.2) is 25.9 Å². The van der Waals surface area contributed by atoms with E-state index in [1.165, 1.54) is 11.8 Å². The number of benzene rings is 1. The predicted octanol–water partition coefficient (Wildman–Crippen LogP) is 6.24. The minimum atomic E-state index is -0.00853. The predicted molar refractivity (Wildman–Crippen MR) is 122 cm³/mol. The second-order valence-electron chi connectivity index (χ2n) is 7.54. The van der Waals surface area contributed by atoms with Crippen molar-refractivity contribution in [2.24, 2.45) is 5.92 Å². The molecule has 3 heterocycles. The fourth-order valence-electron chi connectivity index (χ4n) is 3.76. The van der Waals surface area contributed by atoms with Crippen LogP contribution in [0.25, 0.3) is 20.7 Å². The fourth-order valence-corrected chi connectivity index (χ4v) is 5.82. The Bertz CT molecular complexity index is 1220. The van der Waals surface area contributed by atoms with Crippen LogP contribution in [-0.2, 0) is 11.2 Å². The Hall–Kier alpha value is -2.29. The zero-order chi connectivity index (χ0) is 21.2. The Morgan fingerprint density at radius 1 is 1.13 bits per heavy atom. The van der Waals surface area contributed by atoms with Crippen molar-refractivity contribution in [2.75, 3.05) is 0 Å². The molecule has 9 heteroatoms. The number of halogens is 1. The van der Waals surface area contributed by atoms with Gasteiger partial charge in [0.25, 0.3) is 5.22 Å². The summed E-state index contributed by atoms with van der Waals surface area (Å²) in [6.07, 6.45) is 6.82. The van der Waals surface area contributed by atoms with Crippen molar-refractivity contribution < 1.29 is 9.21 Å². The van der Waals surface area contributed by atoms with Gasteiger partial charge in [0.05, 0.1) is 10.2 Å². The van der Waals surface area contributed by atoms with E-state index in [4.69, 9.17) is 16.0 Å². The van der Waals surface area contributed by atoms with Gasteiger partial charge in [-0.3, -0.25) is 4.79 Å². The van der Waals surface area contributed by atoms with Gasteiger partial charge in [-0.2, -0.15) is 0 Å². The number of carbonyl (C=O) groups is 1. The fraction of sp³-hybridized carbons (Fsp3) is 0.318. The number of hydrogen-bond donors (Lipinski definition) is 0. The number of thiophene rings is 1. The topological polar surface area (TPSA) is 81.8 Å². The number of nitrogens with zero attached hydrogens (tertiary/aromatic N) is 4. The van der Waals surface area contributed by atoms with Gasteiger partial charge in [-0.25, -0.2) is 9.97 Å². The van der Waals surface area contributed by atoms with Crippen LogP contribution in [0, 0.1) is 5.92 Å². The molecule has 3 aromatic heterocycles. The van der Waals surface area contributed by atoms with E-state index in [1.54, 1.807) is 17.7 Å². The first-order chi connectivity index (χ1) is 15.2. The van der Waals surface area contributed by atoms with Gasteiger partial charge in [-0.05, 0) is 48.4 Å². The van der Waals surface area contributed by atoms with Gasteiger partial charge in [-0.15, -0.1) is 21.5 Å². The van der Waals surface area contributed by atoms with Crippen molar-refractivity contribution in [3.63, 3.8) is 0 Å². The van der Waals surface area contributed by atoms with Crippen LogP contribution in [0.2, 0.25) is 5.02 Å². The van der Waals surface area contributed by atoms with Gasteiger partial charge >= 0.3 is 0 Å². The van der Waals surface area contributed by atoms with Gasteiger partial charge in [0.15, 0.2) is 0 Å². The third kappa shape index (κ3) is 4.66. The third-order valence-corrected chi connectivity index (χ3v) is 7.80. The molecule has 6 nitrogen and oxygen atoms in total. The van der Waals surface area contributed by atoms with Crippen molar-refractivity contribution in [3.05, 3.63) is 47.6 Å². The lowest BCUT2D eigenvalue weighted by atomic mass is 9.95.